The fourth-order valence-electron chi connectivity index (χ4n) is 1.66. The van der Waals surface area contributed by atoms with Crippen LogP contribution in [0.5, 0.6) is 0 Å². The smallest absolute Gasteiger partial charge is 0.275 e. The molecule has 0 aliphatic heterocycles. The predicted molar refractivity (Wildman–Crippen MR) is 82.6 cm³/mol. The number of anilines is 1. The Morgan fingerprint density at radius 1 is 1.40 bits per heavy atom. The molecule has 0 amide bonds. The maximum absolute atomic E-state index is 11.8. The molecule has 20 heavy (non-hydrogen) atoms. The molecule has 2 aromatic heterocycles. The average Bonchev–Trinajstić information content (AvgIpc) is 2.89. The van der Waals surface area contributed by atoms with Gasteiger partial charge in [-0.05, 0) is 18.2 Å². The van der Waals surface area contributed by atoms with E-state index in [2.05, 4.69) is 10.1 Å². The minimum absolute atomic E-state index is 0.175. The van der Waals surface area contributed by atoms with Crippen molar-refractivity contribution in [1.29, 1.82) is 0 Å². The topological polar surface area (TPSA) is 73.3 Å². The largest absolute Gasteiger partial charge is 0.398 e. The second kappa shape index (κ2) is 5.43. The first-order valence-corrected chi connectivity index (χ1v) is 7.88. The quantitative estimate of drug-likeness (QED) is 0.592. The highest BCUT2D eigenvalue weighted by Gasteiger charge is 2.07. The van der Waals surface area contributed by atoms with E-state index in [9.17, 15) is 4.79 Å². The van der Waals surface area contributed by atoms with Crippen LogP contribution in [-0.2, 0) is 5.75 Å². The molecule has 0 saturated carbocycles. The second-order valence-electron chi connectivity index (χ2n) is 3.99. The lowest BCUT2D eigenvalue weighted by molar-refractivity contribution is 0.888. The van der Waals surface area contributed by atoms with Crippen LogP contribution in [-0.4, -0.2) is 14.6 Å². The van der Waals surface area contributed by atoms with Gasteiger partial charge in [-0.15, -0.1) is 11.8 Å². The minimum atomic E-state index is -0.175. The molecule has 0 spiro atoms. The molecule has 0 radical (unpaired) electrons. The zero-order valence-corrected chi connectivity index (χ0v) is 12.5. The highest BCUT2D eigenvalue weighted by atomic mass is 35.5. The number of aromatic nitrogens is 3. The van der Waals surface area contributed by atoms with Gasteiger partial charge in [0.1, 0.15) is 5.51 Å². The molecule has 3 rings (SSSR count). The van der Waals surface area contributed by atoms with Gasteiger partial charge in [0.2, 0.25) is 4.96 Å². The summed E-state index contributed by atoms with van der Waals surface area (Å²) in [5.41, 5.74) is 8.66. The molecular weight excluding hydrogens is 316 g/mol. The van der Waals surface area contributed by atoms with Crippen molar-refractivity contribution in [2.45, 2.75) is 10.6 Å². The van der Waals surface area contributed by atoms with Crippen molar-refractivity contribution in [3.05, 3.63) is 50.8 Å². The summed E-state index contributed by atoms with van der Waals surface area (Å²) in [7, 11) is 0. The van der Waals surface area contributed by atoms with Crippen LogP contribution in [0.1, 0.15) is 5.69 Å². The fraction of sp³-hybridized carbons (Fsp3) is 0.0833. The van der Waals surface area contributed by atoms with E-state index in [-0.39, 0.29) is 5.56 Å². The van der Waals surface area contributed by atoms with Crippen LogP contribution >= 0.6 is 34.7 Å². The second-order valence-corrected chi connectivity index (χ2v) is 6.25. The van der Waals surface area contributed by atoms with Gasteiger partial charge >= 0.3 is 0 Å². The number of halogens is 1. The van der Waals surface area contributed by atoms with Crippen LogP contribution in [0.4, 0.5) is 5.69 Å². The van der Waals surface area contributed by atoms with E-state index in [0.717, 1.165) is 4.90 Å². The van der Waals surface area contributed by atoms with Crippen molar-refractivity contribution in [1.82, 2.24) is 14.6 Å². The number of nitrogen functional groups attached to an aromatic ring is 1. The number of nitrogens with zero attached hydrogens (tertiary/aromatic N) is 3. The molecule has 0 fully saturated rings. The molecule has 0 aliphatic carbocycles. The first kappa shape index (κ1) is 13.4. The Bertz CT molecular complexity index is 830. The first-order chi connectivity index (χ1) is 9.63. The highest BCUT2D eigenvalue weighted by Crippen LogP contribution is 2.30. The van der Waals surface area contributed by atoms with Gasteiger partial charge in [-0.1, -0.05) is 22.9 Å². The van der Waals surface area contributed by atoms with E-state index < -0.39 is 0 Å². The number of thioether (sulfide) groups is 1. The Kier molecular flexibility index (Phi) is 3.64. The van der Waals surface area contributed by atoms with Crippen molar-refractivity contribution < 1.29 is 0 Å². The lowest BCUT2D eigenvalue weighted by atomic mass is 10.3. The van der Waals surface area contributed by atoms with Crippen LogP contribution < -0.4 is 11.3 Å². The van der Waals surface area contributed by atoms with Crippen molar-refractivity contribution in [2.24, 2.45) is 0 Å². The molecule has 102 valence electrons. The Morgan fingerprint density at radius 2 is 2.25 bits per heavy atom. The molecule has 2 heterocycles. The third-order valence-corrected chi connectivity index (χ3v) is 4.61. The zero-order valence-electron chi connectivity index (χ0n) is 10.1. The normalized spacial score (nSPS) is 11.1. The van der Waals surface area contributed by atoms with Crippen molar-refractivity contribution >= 4 is 45.3 Å². The van der Waals surface area contributed by atoms with Gasteiger partial charge in [0.25, 0.3) is 5.56 Å². The van der Waals surface area contributed by atoms with Crippen LogP contribution in [0.3, 0.4) is 0 Å². The Morgan fingerprint density at radius 3 is 3.10 bits per heavy atom. The molecular formula is C12H9ClN4OS2. The summed E-state index contributed by atoms with van der Waals surface area (Å²) in [6.07, 6.45) is 0. The average molecular weight is 325 g/mol. The fourth-order valence-corrected chi connectivity index (χ4v) is 3.44. The highest BCUT2D eigenvalue weighted by molar-refractivity contribution is 7.98. The van der Waals surface area contributed by atoms with Crippen LogP contribution in [0.25, 0.3) is 4.96 Å². The van der Waals surface area contributed by atoms with Gasteiger partial charge in [-0.25, -0.2) is 4.98 Å². The van der Waals surface area contributed by atoms with Crippen molar-refractivity contribution in [3.8, 4) is 0 Å². The molecule has 5 nitrogen and oxygen atoms in total. The summed E-state index contributed by atoms with van der Waals surface area (Å²) in [5.74, 6) is 0.550. The Hall–Kier alpha value is -1.57. The third kappa shape index (κ3) is 2.65. The molecule has 1 aromatic carbocycles. The van der Waals surface area contributed by atoms with Crippen molar-refractivity contribution in [3.63, 3.8) is 0 Å². The number of rotatable bonds is 3. The molecule has 0 saturated heterocycles. The molecule has 2 N–H and O–H groups in total. The summed E-state index contributed by atoms with van der Waals surface area (Å²) in [4.78, 5) is 17.7. The van der Waals surface area contributed by atoms with Crippen LogP contribution in [0.15, 0.2) is 39.5 Å². The van der Waals surface area contributed by atoms with Gasteiger partial charge in [0.15, 0.2) is 0 Å². The predicted octanol–water partition coefficient (Wildman–Crippen LogP) is 2.68. The van der Waals surface area contributed by atoms with Gasteiger partial charge in [0, 0.05) is 27.4 Å². The lowest BCUT2D eigenvalue weighted by Crippen LogP contribution is -2.14. The van der Waals surface area contributed by atoms with E-state index in [4.69, 9.17) is 17.3 Å². The molecule has 3 aromatic rings. The van der Waals surface area contributed by atoms with E-state index >= 15 is 0 Å². The number of benzene rings is 1. The summed E-state index contributed by atoms with van der Waals surface area (Å²) in [6.45, 7) is 0. The van der Waals surface area contributed by atoms with Crippen molar-refractivity contribution in [2.75, 3.05) is 5.73 Å². The number of nitrogens with two attached hydrogens (primary N) is 1. The monoisotopic (exact) mass is 324 g/mol. The van der Waals surface area contributed by atoms with Gasteiger partial charge in [0.05, 0.1) is 5.69 Å². The molecule has 0 unspecified atom stereocenters. The molecule has 8 heteroatoms. The Labute approximate surface area is 127 Å². The number of fused-ring (bicyclic) bond motifs is 1. The van der Waals surface area contributed by atoms with E-state index in [0.29, 0.717) is 27.1 Å². The van der Waals surface area contributed by atoms with Gasteiger partial charge < -0.3 is 5.73 Å². The third-order valence-electron chi connectivity index (χ3n) is 2.59. The van der Waals surface area contributed by atoms with E-state index in [1.54, 1.807) is 23.7 Å². The number of hydrogen-bond donors (Lipinski definition) is 1. The summed E-state index contributed by atoms with van der Waals surface area (Å²) in [5, 5.41) is 4.55. The lowest BCUT2D eigenvalue weighted by Gasteiger charge is -2.05. The maximum Gasteiger partial charge on any atom is 0.275 e. The molecule has 0 aliphatic rings. The molecule has 0 bridgehead atoms. The number of hydrogen-bond acceptors (Lipinski definition) is 6. The summed E-state index contributed by atoms with van der Waals surface area (Å²) in [6, 6.07) is 6.80. The summed E-state index contributed by atoms with van der Waals surface area (Å²) < 4.78 is 1.28. The zero-order chi connectivity index (χ0) is 14.1. The first-order valence-electron chi connectivity index (χ1n) is 5.64. The minimum Gasteiger partial charge on any atom is -0.398 e. The van der Waals surface area contributed by atoms with Crippen LogP contribution in [0, 0.1) is 0 Å². The van der Waals surface area contributed by atoms with Crippen LogP contribution in [0.2, 0.25) is 5.02 Å². The molecule has 0 atom stereocenters. The standard InChI is InChI=1S/C12H9ClN4OS2/c13-7-1-2-9(14)10(3-7)19-5-8-4-11(18)17-12(16-8)20-6-15-17/h1-4,6H,5,14H2. The SMILES string of the molecule is Nc1ccc(Cl)cc1SCc1cc(=O)n2ncsc2n1. The van der Waals surface area contributed by atoms with E-state index in [1.807, 2.05) is 0 Å². The Balaban J connectivity index is 1.86. The maximum atomic E-state index is 11.8. The van der Waals surface area contributed by atoms with Gasteiger partial charge in [-0.2, -0.15) is 9.61 Å². The van der Waals surface area contributed by atoms with E-state index in [1.165, 1.54) is 33.7 Å². The summed E-state index contributed by atoms with van der Waals surface area (Å²) >= 11 is 8.77. The van der Waals surface area contributed by atoms with Gasteiger partial charge in [-0.3, -0.25) is 4.79 Å².